The SMILES string of the molecule is Cc1ccc2nc(N3CCC(N4CCC[C@H](O)C4)CC3)sc2c1. The lowest BCUT2D eigenvalue weighted by molar-refractivity contribution is 0.0398. The molecule has 1 N–H and O–H groups in total. The Bertz CT molecular complexity index is 678. The monoisotopic (exact) mass is 331 g/mol. The number of aliphatic hydroxyl groups is 1. The number of β-amino-alcohol motifs (C(OH)–C–C–N with tert-alkyl or cyclic N) is 1. The van der Waals surface area contributed by atoms with Crippen LogP contribution in [0, 0.1) is 6.92 Å². The van der Waals surface area contributed by atoms with E-state index in [2.05, 4.69) is 34.9 Å². The molecule has 2 aliphatic heterocycles. The van der Waals surface area contributed by atoms with E-state index in [1.807, 2.05) is 11.3 Å². The zero-order valence-electron chi connectivity index (χ0n) is 13.7. The Morgan fingerprint density at radius 2 is 2.00 bits per heavy atom. The van der Waals surface area contributed by atoms with Crippen molar-refractivity contribution < 1.29 is 5.11 Å². The van der Waals surface area contributed by atoms with Crippen LogP contribution in [0.4, 0.5) is 5.13 Å². The molecule has 2 aliphatic rings. The van der Waals surface area contributed by atoms with Gasteiger partial charge in [-0.15, -0.1) is 0 Å². The van der Waals surface area contributed by atoms with Gasteiger partial charge in [0, 0.05) is 25.7 Å². The van der Waals surface area contributed by atoms with Gasteiger partial charge in [0.1, 0.15) is 0 Å². The van der Waals surface area contributed by atoms with Gasteiger partial charge in [0.2, 0.25) is 0 Å². The van der Waals surface area contributed by atoms with E-state index in [0.717, 1.165) is 44.5 Å². The Balaban J connectivity index is 1.42. The predicted molar refractivity (Wildman–Crippen MR) is 96.4 cm³/mol. The lowest BCUT2D eigenvalue weighted by Gasteiger charge is -2.41. The number of rotatable bonds is 2. The second-order valence-corrected chi connectivity index (χ2v) is 7.99. The Labute approximate surface area is 141 Å². The van der Waals surface area contributed by atoms with Gasteiger partial charge < -0.3 is 10.0 Å². The van der Waals surface area contributed by atoms with E-state index in [1.54, 1.807) is 0 Å². The topological polar surface area (TPSA) is 39.6 Å². The zero-order valence-corrected chi connectivity index (χ0v) is 14.6. The second-order valence-electron chi connectivity index (χ2n) is 6.98. The van der Waals surface area contributed by atoms with Crippen LogP contribution >= 0.6 is 11.3 Å². The van der Waals surface area contributed by atoms with Crippen molar-refractivity contribution in [2.75, 3.05) is 31.1 Å². The Kier molecular flexibility index (Phi) is 4.26. The van der Waals surface area contributed by atoms with Gasteiger partial charge in [-0.2, -0.15) is 0 Å². The van der Waals surface area contributed by atoms with E-state index in [4.69, 9.17) is 4.98 Å². The average molecular weight is 331 g/mol. The van der Waals surface area contributed by atoms with Crippen LogP contribution in [0.3, 0.4) is 0 Å². The molecule has 0 bridgehead atoms. The smallest absolute Gasteiger partial charge is 0.186 e. The number of piperidine rings is 2. The predicted octanol–water partition coefficient (Wildman–Crippen LogP) is 3.03. The molecule has 4 nitrogen and oxygen atoms in total. The molecule has 2 fully saturated rings. The highest BCUT2D eigenvalue weighted by atomic mass is 32.1. The molecule has 0 aliphatic carbocycles. The van der Waals surface area contributed by atoms with Gasteiger partial charge in [0.25, 0.3) is 0 Å². The minimum Gasteiger partial charge on any atom is -0.392 e. The molecule has 4 rings (SSSR count). The molecule has 1 aromatic heterocycles. The van der Waals surface area contributed by atoms with E-state index < -0.39 is 0 Å². The van der Waals surface area contributed by atoms with Crippen molar-refractivity contribution in [3.63, 3.8) is 0 Å². The number of likely N-dealkylation sites (tertiary alicyclic amines) is 1. The summed E-state index contributed by atoms with van der Waals surface area (Å²) < 4.78 is 1.29. The van der Waals surface area contributed by atoms with Gasteiger partial charge >= 0.3 is 0 Å². The number of nitrogens with zero attached hydrogens (tertiary/aromatic N) is 3. The van der Waals surface area contributed by atoms with Gasteiger partial charge in [-0.25, -0.2) is 4.98 Å². The number of thiazole rings is 1. The zero-order chi connectivity index (χ0) is 15.8. The van der Waals surface area contributed by atoms with Crippen LogP contribution in [0.5, 0.6) is 0 Å². The third-order valence-electron chi connectivity index (χ3n) is 5.21. The number of hydrogen-bond donors (Lipinski definition) is 1. The molecule has 5 heteroatoms. The van der Waals surface area contributed by atoms with Gasteiger partial charge in [-0.1, -0.05) is 17.4 Å². The van der Waals surface area contributed by atoms with Crippen molar-refractivity contribution in [2.45, 2.75) is 44.8 Å². The number of aromatic nitrogens is 1. The average Bonchev–Trinajstić information content (AvgIpc) is 2.98. The van der Waals surface area contributed by atoms with Crippen LogP contribution in [-0.2, 0) is 0 Å². The van der Waals surface area contributed by atoms with E-state index in [1.165, 1.54) is 28.2 Å². The standard InChI is InChI=1S/C18H25N3OS/c1-13-4-5-16-17(11-13)23-18(19-16)20-9-6-14(7-10-20)21-8-2-3-15(22)12-21/h4-5,11,14-15,22H,2-3,6-10,12H2,1H3/t15-/m0/s1. The van der Waals surface area contributed by atoms with E-state index >= 15 is 0 Å². The van der Waals surface area contributed by atoms with Crippen LogP contribution in [0.15, 0.2) is 18.2 Å². The first-order valence-corrected chi connectivity index (χ1v) is 9.55. The van der Waals surface area contributed by atoms with Gasteiger partial charge in [0.05, 0.1) is 16.3 Å². The molecule has 1 aromatic carbocycles. The molecule has 23 heavy (non-hydrogen) atoms. The number of anilines is 1. The minimum atomic E-state index is -0.116. The van der Waals surface area contributed by atoms with E-state index in [-0.39, 0.29) is 6.10 Å². The van der Waals surface area contributed by atoms with Crippen LogP contribution < -0.4 is 4.90 Å². The maximum atomic E-state index is 9.88. The van der Waals surface area contributed by atoms with E-state index in [0.29, 0.717) is 6.04 Å². The maximum Gasteiger partial charge on any atom is 0.186 e. The third-order valence-corrected chi connectivity index (χ3v) is 6.29. The fraction of sp³-hybridized carbons (Fsp3) is 0.611. The van der Waals surface area contributed by atoms with Crippen LogP contribution in [0.1, 0.15) is 31.2 Å². The maximum absolute atomic E-state index is 9.88. The van der Waals surface area contributed by atoms with Gasteiger partial charge in [-0.05, 0) is 56.8 Å². The summed E-state index contributed by atoms with van der Waals surface area (Å²) in [5, 5.41) is 11.1. The molecule has 0 amide bonds. The molecule has 124 valence electrons. The lowest BCUT2D eigenvalue weighted by Crippen LogP contribution is -2.49. The summed E-state index contributed by atoms with van der Waals surface area (Å²) in [4.78, 5) is 9.77. The molecular weight excluding hydrogens is 306 g/mol. The molecule has 0 saturated carbocycles. The number of aliphatic hydroxyl groups excluding tert-OH is 1. The molecule has 1 atom stereocenters. The number of hydrogen-bond acceptors (Lipinski definition) is 5. The van der Waals surface area contributed by atoms with Gasteiger partial charge in [-0.3, -0.25) is 4.90 Å². The van der Waals surface area contributed by atoms with E-state index in [9.17, 15) is 5.11 Å². The second kappa shape index (κ2) is 6.38. The molecule has 0 unspecified atom stereocenters. The first kappa shape index (κ1) is 15.4. The first-order valence-electron chi connectivity index (χ1n) is 8.73. The van der Waals surface area contributed by atoms with Crippen LogP contribution in [0.25, 0.3) is 10.2 Å². The Morgan fingerprint density at radius 3 is 2.78 bits per heavy atom. The summed E-state index contributed by atoms with van der Waals surface area (Å²) >= 11 is 1.82. The fourth-order valence-electron chi connectivity index (χ4n) is 3.89. The summed E-state index contributed by atoms with van der Waals surface area (Å²) in [5.41, 5.74) is 2.42. The quantitative estimate of drug-likeness (QED) is 0.918. The van der Waals surface area contributed by atoms with Crippen molar-refractivity contribution in [2.24, 2.45) is 0 Å². The molecule has 2 saturated heterocycles. The van der Waals surface area contributed by atoms with Crippen LogP contribution in [-0.4, -0.2) is 53.3 Å². The highest BCUT2D eigenvalue weighted by Crippen LogP contribution is 2.32. The van der Waals surface area contributed by atoms with Crippen molar-refractivity contribution in [1.82, 2.24) is 9.88 Å². The van der Waals surface area contributed by atoms with Crippen molar-refractivity contribution >= 4 is 26.7 Å². The summed E-state index contributed by atoms with van der Waals surface area (Å²) in [6.07, 6.45) is 4.36. The highest BCUT2D eigenvalue weighted by molar-refractivity contribution is 7.22. The first-order chi connectivity index (χ1) is 11.2. The summed E-state index contributed by atoms with van der Waals surface area (Å²) in [7, 11) is 0. The van der Waals surface area contributed by atoms with Crippen LogP contribution in [0.2, 0.25) is 0 Å². The van der Waals surface area contributed by atoms with Crippen molar-refractivity contribution in [3.05, 3.63) is 23.8 Å². The summed E-state index contributed by atoms with van der Waals surface area (Å²) in [5.74, 6) is 0. The van der Waals surface area contributed by atoms with Crippen molar-refractivity contribution in [1.29, 1.82) is 0 Å². The van der Waals surface area contributed by atoms with Crippen molar-refractivity contribution in [3.8, 4) is 0 Å². The number of benzene rings is 1. The largest absolute Gasteiger partial charge is 0.392 e. The molecule has 2 aromatic rings. The highest BCUT2D eigenvalue weighted by Gasteiger charge is 2.29. The molecule has 3 heterocycles. The Morgan fingerprint density at radius 1 is 1.17 bits per heavy atom. The van der Waals surface area contributed by atoms with Gasteiger partial charge in [0.15, 0.2) is 5.13 Å². The summed E-state index contributed by atoms with van der Waals surface area (Å²) in [6.45, 7) is 6.32. The number of aryl methyl sites for hydroxylation is 1. The lowest BCUT2D eigenvalue weighted by atomic mass is 9.99. The number of fused-ring (bicyclic) bond motifs is 1. The normalized spacial score (nSPS) is 24.4. The third kappa shape index (κ3) is 3.23. The minimum absolute atomic E-state index is 0.116. The fourth-order valence-corrected chi connectivity index (χ4v) is 5.01. The molecule has 0 radical (unpaired) electrons. The molecule has 0 spiro atoms. The molecular formula is C18H25N3OS. The Hall–Kier alpha value is -1.17. The summed E-state index contributed by atoms with van der Waals surface area (Å²) in [6, 6.07) is 7.14.